The van der Waals surface area contributed by atoms with Gasteiger partial charge >= 0.3 is 0 Å². The minimum absolute atomic E-state index is 0.214. The van der Waals surface area contributed by atoms with Gasteiger partial charge in [0.1, 0.15) is 0 Å². The summed E-state index contributed by atoms with van der Waals surface area (Å²) in [7, 11) is 0. The van der Waals surface area contributed by atoms with Crippen LogP contribution in [0.25, 0.3) is 0 Å². The fourth-order valence-electron chi connectivity index (χ4n) is 2.49. The number of carbonyl (C=O) groups is 1. The smallest absolute Gasteiger partial charge is 0.232 e. The van der Waals surface area contributed by atoms with Gasteiger partial charge in [-0.05, 0) is 12.0 Å². The number of aromatic nitrogens is 3. The molecule has 0 aliphatic carbocycles. The second-order valence-corrected chi connectivity index (χ2v) is 6.10. The summed E-state index contributed by atoms with van der Waals surface area (Å²) < 4.78 is 0. The lowest BCUT2D eigenvalue weighted by Gasteiger charge is -2.16. The zero-order valence-electron chi connectivity index (χ0n) is 11.8. The highest BCUT2D eigenvalue weighted by Crippen LogP contribution is 2.21. The van der Waals surface area contributed by atoms with Crippen LogP contribution in [0, 0.1) is 0 Å². The van der Waals surface area contributed by atoms with Crippen LogP contribution in [0.15, 0.2) is 42.7 Å². The summed E-state index contributed by atoms with van der Waals surface area (Å²) in [4.78, 5) is 15.8. The van der Waals surface area contributed by atoms with Crippen molar-refractivity contribution in [2.45, 2.75) is 18.2 Å². The van der Waals surface area contributed by atoms with Gasteiger partial charge in [-0.1, -0.05) is 30.3 Å². The molecular formula is C15H18N4OS. The van der Waals surface area contributed by atoms with Crippen molar-refractivity contribution in [3.63, 3.8) is 0 Å². The van der Waals surface area contributed by atoms with Crippen LogP contribution in [0.1, 0.15) is 18.0 Å². The molecule has 1 aromatic carbocycles. The first kappa shape index (κ1) is 14.1. The third-order valence-electron chi connectivity index (χ3n) is 3.62. The van der Waals surface area contributed by atoms with Crippen molar-refractivity contribution in [3.05, 3.63) is 48.3 Å². The molecule has 5 nitrogen and oxygen atoms in total. The minimum atomic E-state index is 0.214. The Hall–Kier alpha value is -1.82. The molecule has 0 radical (unpaired) electrons. The topological polar surface area (TPSA) is 51.0 Å². The molecule has 0 spiro atoms. The van der Waals surface area contributed by atoms with Gasteiger partial charge in [0.2, 0.25) is 5.91 Å². The Morgan fingerprint density at radius 1 is 1.24 bits per heavy atom. The molecule has 21 heavy (non-hydrogen) atoms. The maximum atomic E-state index is 12.2. The van der Waals surface area contributed by atoms with Gasteiger partial charge in [0.05, 0.1) is 24.2 Å². The average molecular weight is 302 g/mol. The summed E-state index contributed by atoms with van der Waals surface area (Å²) >= 11 is 1.67. The molecule has 2 heterocycles. The van der Waals surface area contributed by atoms with E-state index in [2.05, 4.69) is 22.3 Å². The molecule has 2 aromatic rings. The summed E-state index contributed by atoms with van der Waals surface area (Å²) in [5.41, 5.74) is 1.26. The van der Waals surface area contributed by atoms with Crippen LogP contribution < -0.4 is 0 Å². The van der Waals surface area contributed by atoms with Crippen molar-refractivity contribution in [2.24, 2.45) is 0 Å². The third kappa shape index (κ3) is 3.64. The van der Waals surface area contributed by atoms with Crippen molar-refractivity contribution in [1.82, 2.24) is 19.9 Å². The number of hydrogen-bond donors (Lipinski definition) is 0. The maximum Gasteiger partial charge on any atom is 0.232 e. The monoisotopic (exact) mass is 302 g/mol. The molecule has 1 aliphatic rings. The standard InChI is InChI=1S/C15H18N4OS/c20-15(12-21-11-13-4-2-1-3-5-13)18-9-6-14(10-18)19-16-7-8-17-19/h1-5,7-8,14H,6,9-12H2. The molecule has 1 amide bonds. The van der Waals surface area contributed by atoms with Crippen LogP contribution in [-0.4, -0.2) is 44.6 Å². The Kier molecular flexibility index (Phi) is 4.55. The predicted molar refractivity (Wildman–Crippen MR) is 82.9 cm³/mol. The summed E-state index contributed by atoms with van der Waals surface area (Å²) in [6, 6.07) is 10.5. The van der Waals surface area contributed by atoms with E-state index in [4.69, 9.17) is 0 Å². The fraction of sp³-hybridized carbons (Fsp3) is 0.400. The number of thioether (sulfide) groups is 1. The number of benzene rings is 1. The van der Waals surface area contributed by atoms with E-state index in [-0.39, 0.29) is 11.9 Å². The molecular weight excluding hydrogens is 284 g/mol. The highest BCUT2D eigenvalue weighted by molar-refractivity contribution is 7.99. The molecule has 1 atom stereocenters. The summed E-state index contributed by atoms with van der Waals surface area (Å²) in [6.07, 6.45) is 4.30. The second-order valence-electron chi connectivity index (χ2n) is 5.11. The maximum absolute atomic E-state index is 12.2. The van der Waals surface area contributed by atoms with E-state index < -0.39 is 0 Å². The Balaban J connectivity index is 1.44. The SMILES string of the molecule is O=C(CSCc1ccccc1)N1CCC(n2nccn2)C1. The van der Waals surface area contributed by atoms with E-state index in [1.54, 1.807) is 29.0 Å². The van der Waals surface area contributed by atoms with Gasteiger partial charge in [-0.3, -0.25) is 4.79 Å². The normalized spacial score (nSPS) is 18.1. The highest BCUT2D eigenvalue weighted by atomic mass is 32.2. The van der Waals surface area contributed by atoms with Gasteiger partial charge in [0.15, 0.2) is 0 Å². The van der Waals surface area contributed by atoms with E-state index in [0.717, 1.165) is 25.3 Å². The molecule has 1 saturated heterocycles. The zero-order chi connectivity index (χ0) is 14.5. The Morgan fingerprint density at radius 3 is 2.76 bits per heavy atom. The van der Waals surface area contributed by atoms with Crippen LogP contribution in [0.3, 0.4) is 0 Å². The van der Waals surface area contributed by atoms with Crippen LogP contribution in [0.4, 0.5) is 0 Å². The molecule has 6 heteroatoms. The Bertz CT molecular complexity index is 573. The molecule has 0 N–H and O–H groups in total. The van der Waals surface area contributed by atoms with Crippen molar-refractivity contribution < 1.29 is 4.79 Å². The molecule has 1 aromatic heterocycles. The lowest BCUT2D eigenvalue weighted by atomic mass is 10.2. The molecule has 0 bridgehead atoms. The van der Waals surface area contributed by atoms with E-state index in [1.807, 2.05) is 23.1 Å². The van der Waals surface area contributed by atoms with E-state index in [9.17, 15) is 4.79 Å². The van der Waals surface area contributed by atoms with E-state index >= 15 is 0 Å². The van der Waals surface area contributed by atoms with E-state index in [1.165, 1.54) is 5.56 Å². The van der Waals surface area contributed by atoms with Gasteiger partial charge in [-0.25, -0.2) is 0 Å². The Morgan fingerprint density at radius 2 is 2.00 bits per heavy atom. The Labute approximate surface area is 128 Å². The van der Waals surface area contributed by atoms with Gasteiger partial charge in [-0.15, -0.1) is 11.8 Å². The first-order valence-corrected chi connectivity index (χ1v) is 8.23. The van der Waals surface area contributed by atoms with Crippen molar-refractivity contribution >= 4 is 17.7 Å². The fourth-order valence-corrected chi connectivity index (χ4v) is 3.38. The van der Waals surface area contributed by atoms with Crippen LogP contribution in [0.2, 0.25) is 0 Å². The van der Waals surface area contributed by atoms with Crippen molar-refractivity contribution in [1.29, 1.82) is 0 Å². The number of nitrogens with zero attached hydrogens (tertiary/aromatic N) is 4. The number of likely N-dealkylation sites (tertiary alicyclic amines) is 1. The zero-order valence-corrected chi connectivity index (χ0v) is 12.6. The lowest BCUT2D eigenvalue weighted by Crippen LogP contribution is -2.30. The molecule has 1 aliphatic heterocycles. The second kappa shape index (κ2) is 6.76. The molecule has 0 saturated carbocycles. The third-order valence-corrected chi connectivity index (χ3v) is 4.60. The predicted octanol–water partition coefficient (Wildman–Crippen LogP) is 1.98. The molecule has 3 rings (SSSR count). The average Bonchev–Trinajstić information content (AvgIpc) is 3.19. The van der Waals surface area contributed by atoms with Crippen molar-refractivity contribution in [2.75, 3.05) is 18.8 Å². The first-order chi connectivity index (χ1) is 10.3. The highest BCUT2D eigenvalue weighted by Gasteiger charge is 2.27. The molecule has 110 valence electrons. The van der Waals surface area contributed by atoms with Crippen LogP contribution >= 0.6 is 11.8 Å². The van der Waals surface area contributed by atoms with E-state index in [0.29, 0.717) is 5.75 Å². The lowest BCUT2D eigenvalue weighted by molar-refractivity contribution is -0.127. The minimum Gasteiger partial charge on any atom is -0.340 e. The molecule has 1 unspecified atom stereocenters. The number of rotatable bonds is 5. The summed E-state index contributed by atoms with van der Waals surface area (Å²) in [6.45, 7) is 1.52. The van der Waals surface area contributed by atoms with Crippen molar-refractivity contribution in [3.8, 4) is 0 Å². The van der Waals surface area contributed by atoms with Gasteiger partial charge in [0.25, 0.3) is 0 Å². The number of amides is 1. The largest absolute Gasteiger partial charge is 0.340 e. The molecule has 1 fully saturated rings. The summed E-state index contributed by atoms with van der Waals surface area (Å²) in [5.74, 6) is 1.63. The number of hydrogen-bond acceptors (Lipinski definition) is 4. The van der Waals surface area contributed by atoms with Gasteiger partial charge < -0.3 is 4.90 Å². The quantitative estimate of drug-likeness (QED) is 0.847. The first-order valence-electron chi connectivity index (χ1n) is 7.08. The van der Waals surface area contributed by atoms with Gasteiger partial charge in [0, 0.05) is 18.8 Å². The summed E-state index contributed by atoms with van der Waals surface area (Å²) in [5, 5.41) is 8.31. The van der Waals surface area contributed by atoms with Crippen LogP contribution in [0.5, 0.6) is 0 Å². The van der Waals surface area contributed by atoms with Gasteiger partial charge in [-0.2, -0.15) is 15.0 Å². The van der Waals surface area contributed by atoms with Crippen LogP contribution in [-0.2, 0) is 10.5 Å². The number of carbonyl (C=O) groups excluding carboxylic acids is 1.